The molecule has 27 heavy (non-hydrogen) atoms. The van der Waals surface area contributed by atoms with E-state index in [-0.39, 0.29) is 11.5 Å². The number of benzene rings is 2. The van der Waals surface area contributed by atoms with Crippen molar-refractivity contribution in [2.24, 2.45) is 5.73 Å². The third-order valence-corrected chi connectivity index (χ3v) is 5.11. The minimum absolute atomic E-state index is 0.0533. The Labute approximate surface area is 157 Å². The van der Waals surface area contributed by atoms with Gasteiger partial charge in [-0.15, -0.1) is 0 Å². The summed E-state index contributed by atoms with van der Waals surface area (Å²) in [5.41, 5.74) is 10.8. The molecular formula is C22H21N3O2. The standard InChI is InChI=1S/C22H21N3O2/c23-13-15-5-7-16(8-6-15)18-3-1-2-4-19(18)22(27)25-12-10-17-9-11-24-21(26)20(17)14-25/h1-9,11H,10,12-14,23H2,(H,24,26). The van der Waals surface area contributed by atoms with E-state index in [0.29, 0.717) is 37.2 Å². The Morgan fingerprint density at radius 1 is 1.07 bits per heavy atom. The van der Waals surface area contributed by atoms with Crippen molar-refractivity contribution in [2.45, 2.75) is 19.5 Å². The van der Waals surface area contributed by atoms with Crippen LogP contribution in [0.4, 0.5) is 0 Å². The number of hydrogen-bond donors (Lipinski definition) is 2. The molecule has 1 aromatic heterocycles. The van der Waals surface area contributed by atoms with Crippen molar-refractivity contribution in [3.63, 3.8) is 0 Å². The third kappa shape index (κ3) is 3.29. The van der Waals surface area contributed by atoms with E-state index in [2.05, 4.69) is 4.98 Å². The molecule has 0 atom stereocenters. The minimum Gasteiger partial charge on any atom is -0.334 e. The molecule has 0 unspecified atom stereocenters. The average Bonchev–Trinajstić information content (AvgIpc) is 2.73. The molecule has 0 spiro atoms. The average molecular weight is 359 g/mol. The van der Waals surface area contributed by atoms with Crippen molar-refractivity contribution in [3.8, 4) is 11.1 Å². The van der Waals surface area contributed by atoms with Crippen molar-refractivity contribution in [3.05, 3.63) is 93.4 Å². The normalized spacial score (nSPS) is 13.3. The summed E-state index contributed by atoms with van der Waals surface area (Å²) in [5, 5.41) is 0. The van der Waals surface area contributed by atoms with Crippen LogP contribution in [-0.4, -0.2) is 22.3 Å². The van der Waals surface area contributed by atoms with Gasteiger partial charge in [-0.25, -0.2) is 0 Å². The van der Waals surface area contributed by atoms with Crippen molar-refractivity contribution in [1.29, 1.82) is 0 Å². The Morgan fingerprint density at radius 3 is 2.63 bits per heavy atom. The summed E-state index contributed by atoms with van der Waals surface area (Å²) in [4.78, 5) is 29.8. The molecule has 0 saturated carbocycles. The van der Waals surface area contributed by atoms with E-state index < -0.39 is 0 Å². The SMILES string of the molecule is NCc1ccc(-c2ccccc2C(=O)N2CCc3cc[nH]c(=O)c3C2)cc1. The fourth-order valence-corrected chi connectivity index (χ4v) is 3.57. The Kier molecular flexibility index (Phi) is 4.60. The van der Waals surface area contributed by atoms with E-state index in [4.69, 9.17) is 5.73 Å². The first-order chi connectivity index (χ1) is 13.2. The van der Waals surface area contributed by atoms with Gasteiger partial charge in [-0.05, 0) is 40.8 Å². The molecule has 4 rings (SSSR count). The van der Waals surface area contributed by atoms with Crippen molar-refractivity contribution >= 4 is 5.91 Å². The van der Waals surface area contributed by atoms with Gasteiger partial charge < -0.3 is 15.6 Å². The minimum atomic E-state index is -0.115. The summed E-state index contributed by atoms with van der Waals surface area (Å²) in [6, 6.07) is 17.5. The molecule has 2 aromatic carbocycles. The molecule has 5 nitrogen and oxygen atoms in total. The topological polar surface area (TPSA) is 79.2 Å². The maximum absolute atomic E-state index is 13.2. The summed E-state index contributed by atoms with van der Waals surface area (Å²) in [7, 11) is 0. The number of fused-ring (bicyclic) bond motifs is 1. The number of nitrogens with zero attached hydrogens (tertiary/aromatic N) is 1. The van der Waals surface area contributed by atoms with Crippen LogP contribution in [0.25, 0.3) is 11.1 Å². The van der Waals surface area contributed by atoms with Gasteiger partial charge >= 0.3 is 0 Å². The largest absolute Gasteiger partial charge is 0.334 e. The molecule has 0 saturated heterocycles. The quantitative estimate of drug-likeness (QED) is 0.755. The first kappa shape index (κ1) is 17.2. The van der Waals surface area contributed by atoms with Crippen LogP contribution < -0.4 is 11.3 Å². The molecule has 1 aliphatic rings. The van der Waals surface area contributed by atoms with Crippen LogP contribution >= 0.6 is 0 Å². The molecule has 0 aliphatic carbocycles. The van der Waals surface area contributed by atoms with E-state index >= 15 is 0 Å². The predicted molar refractivity (Wildman–Crippen MR) is 105 cm³/mol. The zero-order chi connectivity index (χ0) is 18.8. The molecule has 3 aromatic rings. The van der Waals surface area contributed by atoms with E-state index in [9.17, 15) is 9.59 Å². The maximum Gasteiger partial charge on any atom is 0.254 e. The molecule has 1 amide bonds. The molecule has 1 aliphatic heterocycles. The van der Waals surface area contributed by atoms with Crippen LogP contribution in [-0.2, 0) is 19.5 Å². The molecule has 3 N–H and O–H groups in total. The summed E-state index contributed by atoms with van der Waals surface area (Å²) in [5.74, 6) is -0.0533. The van der Waals surface area contributed by atoms with Gasteiger partial charge in [0.2, 0.25) is 0 Å². The van der Waals surface area contributed by atoms with E-state index in [1.807, 2.05) is 54.6 Å². The lowest BCUT2D eigenvalue weighted by atomic mass is 9.96. The number of nitrogens with two attached hydrogens (primary N) is 1. The molecule has 2 heterocycles. The molecule has 0 bridgehead atoms. The van der Waals surface area contributed by atoms with Crippen LogP contribution in [0.3, 0.4) is 0 Å². The second kappa shape index (κ2) is 7.21. The second-order valence-electron chi connectivity index (χ2n) is 6.73. The van der Waals surface area contributed by atoms with Gasteiger partial charge in [0.05, 0.1) is 6.54 Å². The highest BCUT2D eigenvalue weighted by Gasteiger charge is 2.25. The number of aromatic nitrogens is 1. The van der Waals surface area contributed by atoms with Crippen molar-refractivity contribution in [1.82, 2.24) is 9.88 Å². The van der Waals surface area contributed by atoms with Gasteiger partial charge in [0, 0.05) is 30.4 Å². The lowest BCUT2D eigenvalue weighted by molar-refractivity contribution is 0.0734. The van der Waals surface area contributed by atoms with Gasteiger partial charge in [-0.1, -0.05) is 42.5 Å². The number of nitrogens with one attached hydrogen (secondary N) is 1. The third-order valence-electron chi connectivity index (χ3n) is 5.11. The highest BCUT2D eigenvalue weighted by Crippen LogP contribution is 2.26. The fraction of sp³-hybridized carbons (Fsp3) is 0.182. The number of carbonyl (C=O) groups is 1. The van der Waals surface area contributed by atoms with Crippen LogP contribution in [0, 0.1) is 0 Å². The van der Waals surface area contributed by atoms with Crippen LogP contribution in [0.5, 0.6) is 0 Å². The van der Waals surface area contributed by atoms with E-state index in [1.54, 1.807) is 11.1 Å². The number of pyridine rings is 1. The maximum atomic E-state index is 13.2. The molecular weight excluding hydrogens is 338 g/mol. The van der Waals surface area contributed by atoms with Crippen molar-refractivity contribution in [2.75, 3.05) is 6.54 Å². The molecule has 136 valence electrons. The fourth-order valence-electron chi connectivity index (χ4n) is 3.57. The van der Waals surface area contributed by atoms with Crippen LogP contribution in [0.1, 0.15) is 27.0 Å². The molecule has 5 heteroatoms. The Balaban J connectivity index is 1.67. The Morgan fingerprint density at radius 2 is 1.85 bits per heavy atom. The summed E-state index contributed by atoms with van der Waals surface area (Å²) >= 11 is 0. The summed E-state index contributed by atoms with van der Waals surface area (Å²) in [6.07, 6.45) is 2.36. The van der Waals surface area contributed by atoms with Gasteiger partial charge in [-0.2, -0.15) is 0 Å². The lowest BCUT2D eigenvalue weighted by Gasteiger charge is -2.29. The van der Waals surface area contributed by atoms with E-state index in [0.717, 1.165) is 22.3 Å². The van der Waals surface area contributed by atoms with Crippen LogP contribution in [0.15, 0.2) is 65.6 Å². The Hall–Kier alpha value is -3.18. The van der Waals surface area contributed by atoms with Gasteiger partial charge in [0.15, 0.2) is 0 Å². The number of aromatic amines is 1. The zero-order valence-electron chi connectivity index (χ0n) is 14.9. The highest BCUT2D eigenvalue weighted by atomic mass is 16.2. The second-order valence-corrected chi connectivity index (χ2v) is 6.73. The van der Waals surface area contributed by atoms with Crippen LogP contribution in [0.2, 0.25) is 0 Å². The molecule has 0 fully saturated rings. The first-order valence-corrected chi connectivity index (χ1v) is 9.04. The van der Waals surface area contributed by atoms with Gasteiger partial charge in [0.25, 0.3) is 11.5 Å². The van der Waals surface area contributed by atoms with Gasteiger partial charge in [-0.3, -0.25) is 9.59 Å². The lowest BCUT2D eigenvalue weighted by Crippen LogP contribution is -2.39. The number of hydrogen-bond acceptors (Lipinski definition) is 3. The smallest absolute Gasteiger partial charge is 0.254 e. The monoisotopic (exact) mass is 359 g/mol. The summed E-state index contributed by atoms with van der Waals surface area (Å²) in [6.45, 7) is 1.43. The van der Waals surface area contributed by atoms with E-state index in [1.165, 1.54) is 0 Å². The number of carbonyl (C=O) groups excluding carboxylic acids is 1. The number of rotatable bonds is 3. The zero-order valence-corrected chi connectivity index (χ0v) is 14.9. The Bertz CT molecular complexity index is 1040. The number of H-pyrrole nitrogens is 1. The van der Waals surface area contributed by atoms with Crippen molar-refractivity contribution < 1.29 is 4.79 Å². The molecule has 0 radical (unpaired) electrons. The number of amides is 1. The predicted octanol–water partition coefficient (Wildman–Crippen LogP) is 2.70. The van der Waals surface area contributed by atoms with Gasteiger partial charge in [0.1, 0.15) is 0 Å². The highest BCUT2D eigenvalue weighted by molar-refractivity contribution is 6.01. The first-order valence-electron chi connectivity index (χ1n) is 9.04. The summed E-state index contributed by atoms with van der Waals surface area (Å²) < 4.78 is 0.